The average molecular weight is 746 g/mol. The van der Waals surface area contributed by atoms with Gasteiger partial charge in [-0.25, -0.2) is 4.98 Å². The van der Waals surface area contributed by atoms with Crippen LogP contribution in [-0.2, 0) is 25.6 Å². The number of fused-ring (bicyclic) bond motifs is 18. The number of benzene rings is 2. The molecule has 3 amide bonds. The Hall–Kier alpha value is -5.11. The number of nitrogens with zero attached hydrogens (tertiary/aromatic N) is 2. The summed E-state index contributed by atoms with van der Waals surface area (Å²) in [5.74, 6) is -2.43. The van der Waals surface area contributed by atoms with Gasteiger partial charge in [-0.2, -0.15) is 0 Å². The smallest absolute Gasteiger partial charge is 0.224 e. The van der Waals surface area contributed by atoms with Crippen molar-refractivity contribution in [2.75, 3.05) is 19.7 Å². The molecule has 0 unspecified atom stereocenters. The SMILES string of the molecule is CC(C)C[C@@H]1NC(=O)[C@@H](C)CCC(=O)NC/C=C/COc2ccc(cc2)C[C@@H](C(=O)N[C@@H](CCCN=C(N)N)C(=O)c2nc3ccccc3s2)CC1=O. The molecule has 7 N–H and O–H groups in total. The van der Waals surface area contributed by atoms with Crippen LogP contribution in [0.2, 0.25) is 0 Å². The van der Waals surface area contributed by atoms with E-state index in [1.165, 1.54) is 11.3 Å². The lowest BCUT2D eigenvalue weighted by Crippen LogP contribution is -2.47. The van der Waals surface area contributed by atoms with E-state index in [-0.39, 0.29) is 79.1 Å². The van der Waals surface area contributed by atoms with Crippen molar-refractivity contribution in [1.29, 1.82) is 0 Å². The summed E-state index contributed by atoms with van der Waals surface area (Å²) in [5, 5.41) is 8.93. The van der Waals surface area contributed by atoms with Gasteiger partial charge in [0.05, 0.1) is 22.3 Å². The van der Waals surface area contributed by atoms with E-state index in [0.29, 0.717) is 37.1 Å². The molecule has 4 atom stereocenters. The van der Waals surface area contributed by atoms with Crippen LogP contribution >= 0.6 is 11.3 Å². The second-order valence-electron chi connectivity index (χ2n) is 13.8. The lowest BCUT2D eigenvalue weighted by Gasteiger charge is -2.25. The number of nitrogens with two attached hydrogens (primary N) is 2. The van der Waals surface area contributed by atoms with Crippen LogP contribution in [0.5, 0.6) is 5.75 Å². The van der Waals surface area contributed by atoms with Crippen LogP contribution in [0.15, 0.2) is 65.7 Å². The minimum Gasteiger partial charge on any atom is -0.490 e. The molecule has 2 bridgehead atoms. The van der Waals surface area contributed by atoms with Gasteiger partial charge < -0.3 is 32.2 Å². The fraction of sp³-hybridized carbons (Fsp3) is 0.462. The molecular weight excluding hydrogens is 695 g/mol. The number of guanidine groups is 1. The molecule has 0 fully saturated rings. The molecule has 3 heterocycles. The fourth-order valence-corrected chi connectivity index (χ4v) is 6.89. The highest BCUT2D eigenvalue weighted by molar-refractivity contribution is 7.20. The van der Waals surface area contributed by atoms with Crippen LogP contribution in [0.1, 0.15) is 74.7 Å². The van der Waals surface area contributed by atoms with E-state index < -0.39 is 29.8 Å². The van der Waals surface area contributed by atoms with Gasteiger partial charge in [0.1, 0.15) is 12.4 Å². The predicted octanol–water partition coefficient (Wildman–Crippen LogP) is 3.85. The molecule has 2 aromatic carbocycles. The molecule has 13 nitrogen and oxygen atoms in total. The van der Waals surface area contributed by atoms with Gasteiger partial charge in [0.25, 0.3) is 0 Å². The average Bonchev–Trinajstić information content (AvgIpc) is 3.57. The van der Waals surface area contributed by atoms with Crippen LogP contribution in [0.25, 0.3) is 10.2 Å². The van der Waals surface area contributed by atoms with Gasteiger partial charge in [-0.05, 0) is 73.9 Å². The summed E-state index contributed by atoms with van der Waals surface area (Å²) in [6.07, 6.45) is 5.08. The molecule has 1 aromatic heterocycles. The van der Waals surface area contributed by atoms with Gasteiger partial charge in [-0.1, -0.05) is 51.1 Å². The maximum Gasteiger partial charge on any atom is 0.224 e. The van der Waals surface area contributed by atoms with E-state index in [9.17, 15) is 24.0 Å². The highest BCUT2D eigenvalue weighted by Crippen LogP contribution is 2.25. The fourth-order valence-electron chi connectivity index (χ4n) is 5.93. The number of ether oxygens (including phenoxy) is 1. The van der Waals surface area contributed by atoms with Crippen LogP contribution in [0.3, 0.4) is 0 Å². The molecule has 2 aliphatic rings. The molecule has 5 rings (SSSR count). The van der Waals surface area contributed by atoms with Crippen LogP contribution in [-0.4, -0.2) is 72.0 Å². The number of hydrogen-bond donors (Lipinski definition) is 5. The van der Waals surface area contributed by atoms with Crippen LogP contribution in [0, 0.1) is 17.8 Å². The first-order valence-corrected chi connectivity index (χ1v) is 18.9. The topological polar surface area (TPSA) is 208 Å². The number of para-hydroxylation sites is 1. The van der Waals surface area contributed by atoms with Gasteiger partial charge in [0, 0.05) is 37.8 Å². The lowest BCUT2D eigenvalue weighted by molar-refractivity contribution is -0.133. The van der Waals surface area contributed by atoms with E-state index >= 15 is 0 Å². The number of ketones is 2. The molecule has 0 saturated heterocycles. The molecule has 3 aromatic rings. The second-order valence-corrected chi connectivity index (χ2v) is 14.8. The zero-order chi connectivity index (χ0) is 38.3. The Balaban J connectivity index is 1.63. The number of carbonyl (C=O) groups is 5. The zero-order valence-corrected chi connectivity index (χ0v) is 31.5. The van der Waals surface area contributed by atoms with E-state index in [1.54, 1.807) is 31.2 Å². The van der Waals surface area contributed by atoms with E-state index in [1.807, 2.05) is 50.2 Å². The van der Waals surface area contributed by atoms with Crippen LogP contribution < -0.4 is 32.2 Å². The van der Waals surface area contributed by atoms with E-state index in [0.717, 1.165) is 10.3 Å². The summed E-state index contributed by atoms with van der Waals surface area (Å²) in [6, 6.07) is 12.9. The number of rotatable bonds is 10. The number of carbonyl (C=O) groups excluding carboxylic acids is 5. The normalized spacial score (nSPS) is 20.4. The minimum atomic E-state index is -0.953. The molecule has 0 aliphatic carbocycles. The zero-order valence-electron chi connectivity index (χ0n) is 30.6. The van der Waals surface area contributed by atoms with Gasteiger partial charge >= 0.3 is 0 Å². The van der Waals surface area contributed by atoms with Crippen molar-refractivity contribution in [2.45, 2.75) is 77.8 Å². The third-order valence-corrected chi connectivity index (χ3v) is 9.95. The quantitative estimate of drug-likeness (QED) is 0.0671. The van der Waals surface area contributed by atoms with Crippen LogP contribution in [0.4, 0.5) is 0 Å². The molecular formula is C39H51N7O6S. The first-order valence-electron chi connectivity index (χ1n) is 18.1. The molecule has 0 radical (unpaired) electrons. The molecule has 0 spiro atoms. The van der Waals surface area contributed by atoms with Crippen molar-refractivity contribution in [1.82, 2.24) is 20.9 Å². The number of hydrogen-bond acceptors (Lipinski definition) is 9. The molecule has 53 heavy (non-hydrogen) atoms. The Labute approximate surface area is 314 Å². The van der Waals surface area contributed by atoms with E-state index in [2.05, 4.69) is 25.9 Å². The highest BCUT2D eigenvalue weighted by Gasteiger charge is 2.32. The number of thiazole rings is 1. The number of aliphatic imine (C=N–C) groups is 1. The summed E-state index contributed by atoms with van der Waals surface area (Å²) in [5.41, 5.74) is 12.5. The number of Topliss-reactive ketones (excluding diaryl/α,β-unsaturated/α-hetero) is 2. The summed E-state index contributed by atoms with van der Waals surface area (Å²) < 4.78 is 6.66. The van der Waals surface area contributed by atoms with Gasteiger partial charge in [0.2, 0.25) is 23.5 Å². The highest BCUT2D eigenvalue weighted by atomic mass is 32.1. The Bertz CT molecular complexity index is 1750. The van der Waals surface area contributed by atoms with Crippen molar-refractivity contribution in [2.24, 2.45) is 34.2 Å². The van der Waals surface area contributed by atoms with Gasteiger partial charge in [-0.15, -0.1) is 11.3 Å². The first kappa shape index (κ1) is 40.7. The lowest BCUT2D eigenvalue weighted by atomic mass is 9.88. The third kappa shape index (κ3) is 13.1. The molecule has 0 saturated carbocycles. The third-order valence-electron chi connectivity index (χ3n) is 8.90. The Morgan fingerprint density at radius 1 is 1.06 bits per heavy atom. The number of aromatic nitrogens is 1. The van der Waals surface area contributed by atoms with Crippen molar-refractivity contribution in [3.63, 3.8) is 0 Å². The van der Waals surface area contributed by atoms with Crippen molar-refractivity contribution >= 4 is 56.8 Å². The number of nitrogens with one attached hydrogen (secondary N) is 3. The number of amides is 3. The first-order chi connectivity index (χ1) is 25.4. The Morgan fingerprint density at radius 3 is 2.53 bits per heavy atom. The standard InChI is InChI=1S/C39H51N7O6S/c1-24(2)21-31-32(47)23-27(22-26-13-15-28(16-14-26)52-20-7-6-18-42-34(48)17-12-25(3)36(50)45-31)37(51)44-30(10-8-19-43-39(40)41)35(49)38-46-29-9-4-5-11-33(29)53-38/h4-7,9,11,13-16,24-25,27,30-31H,8,10,12,17-23H2,1-3H3,(H,42,48)(H,44,51)(H,45,50)(H4,40,41,43)/b7-6+/t25-,27+,30-,31-/m0/s1. The summed E-state index contributed by atoms with van der Waals surface area (Å²) in [6.45, 7) is 6.51. The van der Waals surface area contributed by atoms with Crippen molar-refractivity contribution in [3.05, 3.63) is 71.3 Å². The monoisotopic (exact) mass is 745 g/mol. The second kappa shape index (κ2) is 20.2. The van der Waals surface area contributed by atoms with E-state index in [4.69, 9.17) is 16.2 Å². The largest absolute Gasteiger partial charge is 0.490 e. The molecule has 284 valence electrons. The van der Waals surface area contributed by atoms with Crippen molar-refractivity contribution in [3.8, 4) is 5.75 Å². The summed E-state index contributed by atoms with van der Waals surface area (Å²) in [7, 11) is 0. The minimum absolute atomic E-state index is 0.0636. The van der Waals surface area contributed by atoms with Gasteiger partial charge in [-0.3, -0.25) is 29.0 Å². The maximum absolute atomic E-state index is 14.3. The Morgan fingerprint density at radius 2 is 1.81 bits per heavy atom. The molecule has 14 heteroatoms. The maximum atomic E-state index is 14.3. The van der Waals surface area contributed by atoms with Crippen molar-refractivity contribution < 1.29 is 28.7 Å². The molecule has 2 aliphatic heterocycles. The predicted molar refractivity (Wildman–Crippen MR) is 206 cm³/mol. The summed E-state index contributed by atoms with van der Waals surface area (Å²) in [4.78, 5) is 76.5. The summed E-state index contributed by atoms with van der Waals surface area (Å²) >= 11 is 1.25. The Kier molecular flexibility index (Phi) is 15.5. The van der Waals surface area contributed by atoms with Gasteiger partial charge in [0.15, 0.2) is 16.8 Å².